The van der Waals surface area contributed by atoms with Crippen molar-refractivity contribution in [2.24, 2.45) is 5.92 Å². The Bertz CT molecular complexity index is 1020. The fourth-order valence-corrected chi connectivity index (χ4v) is 3.88. The van der Waals surface area contributed by atoms with E-state index in [9.17, 15) is 14.4 Å². The lowest BCUT2D eigenvalue weighted by atomic mass is 9.95. The van der Waals surface area contributed by atoms with E-state index in [1.807, 2.05) is 31.2 Å². The first-order valence-electron chi connectivity index (χ1n) is 11.7. The van der Waals surface area contributed by atoms with Crippen molar-refractivity contribution in [1.82, 2.24) is 15.8 Å². The van der Waals surface area contributed by atoms with Crippen LogP contribution >= 0.6 is 0 Å². The molecule has 8 nitrogen and oxygen atoms in total. The number of methoxy groups -OCH3 is 1. The van der Waals surface area contributed by atoms with Gasteiger partial charge in [-0.1, -0.05) is 31.5 Å². The number of rotatable bonds is 8. The Labute approximate surface area is 200 Å². The predicted octanol–water partition coefficient (Wildman–Crippen LogP) is 3.50. The summed E-state index contributed by atoms with van der Waals surface area (Å²) in [4.78, 5) is 39.7. The highest BCUT2D eigenvalue weighted by atomic mass is 16.5. The number of nitrogens with one attached hydrogen (secondary N) is 2. The zero-order chi connectivity index (χ0) is 24.5. The number of unbranched alkanes of at least 4 members (excludes halogenated alkanes) is 1. The Kier molecular flexibility index (Phi) is 8.90. The van der Waals surface area contributed by atoms with Crippen molar-refractivity contribution >= 4 is 17.7 Å². The average Bonchev–Trinajstić information content (AvgIpc) is 2.87. The maximum Gasteiger partial charge on any atom is 0.269 e. The van der Waals surface area contributed by atoms with Gasteiger partial charge in [0.25, 0.3) is 11.8 Å². The standard InChI is InChI=1S/C26H33N3O5/c1-4-5-16-34-22-11-10-20(17-23(22)33-3)25(31)28-27-24(30)19-12-14-29(15-13-19)26(32)21-9-7-6-8-18(21)2/h6-11,17,19H,4-5,12-16H2,1-3H3,(H,27,30)(H,28,31). The van der Waals surface area contributed by atoms with Crippen molar-refractivity contribution in [2.45, 2.75) is 39.5 Å². The summed E-state index contributed by atoms with van der Waals surface area (Å²) >= 11 is 0. The van der Waals surface area contributed by atoms with E-state index in [1.165, 1.54) is 7.11 Å². The smallest absolute Gasteiger partial charge is 0.269 e. The minimum absolute atomic E-state index is 0.0127. The summed E-state index contributed by atoms with van der Waals surface area (Å²) in [5.74, 6) is 0.0393. The number of carbonyl (C=O) groups excluding carboxylic acids is 3. The van der Waals surface area contributed by atoms with Gasteiger partial charge in [-0.15, -0.1) is 0 Å². The van der Waals surface area contributed by atoms with E-state index in [0.717, 1.165) is 18.4 Å². The third kappa shape index (κ3) is 6.27. The summed E-state index contributed by atoms with van der Waals surface area (Å²) < 4.78 is 11.0. The van der Waals surface area contributed by atoms with Gasteiger partial charge in [-0.05, 0) is 56.0 Å². The molecule has 2 aromatic carbocycles. The number of hydrogen-bond donors (Lipinski definition) is 2. The molecule has 0 radical (unpaired) electrons. The summed E-state index contributed by atoms with van der Waals surface area (Å²) in [7, 11) is 1.52. The van der Waals surface area contributed by atoms with Crippen LogP contribution in [0.15, 0.2) is 42.5 Å². The summed E-state index contributed by atoms with van der Waals surface area (Å²) in [6.45, 7) is 5.56. The Balaban J connectivity index is 1.49. The first-order chi connectivity index (χ1) is 16.4. The third-order valence-corrected chi connectivity index (χ3v) is 6.01. The summed E-state index contributed by atoms with van der Waals surface area (Å²) in [6.07, 6.45) is 3.02. The molecule has 1 heterocycles. The second-order valence-electron chi connectivity index (χ2n) is 8.39. The molecule has 2 aromatic rings. The maximum atomic E-state index is 12.8. The summed E-state index contributed by atoms with van der Waals surface area (Å²) in [5.41, 5.74) is 6.96. The monoisotopic (exact) mass is 467 g/mol. The van der Waals surface area contributed by atoms with Crippen LogP contribution in [0.2, 0.25) is 0 Å². The Morgan fingerprint density at radius 1 is 1.03 bits per heavy atom. The van der Waals surface area contributed by atoms with E-state index in [4.69, 9.17) is 9.47 Å². The number of benzene rings is 2. The number of hydrazine groups is 1. The van der Waals surface area contributed by atoms with E-state index in [-0.39, 0.29) is 17.7 Å². The van der Waals surface area contributed by atoms with Gasteiger partial charge >= 0.3 is 0 Å². The number of amides is 3. The van der Waals surface area contributed by atoms with Gasteiger partial charge in [0.2, 0.25) is 5.91 Å². The molecule has 8 heteroatoms. The van der Waals surface area contributed by atoms with Gasteiger partial charge in [-0.3, -0.25) is 25.2 Å². The third-order valence-electron chi connectivity index (χ3n) is 6.01. The molecule has 0 aromatic heterocycles. The summed E-state index contributed by atoms with van der Waals surface area (Å²) in [6, 6.07) is 12.4. The van der Waals surface area contributed by atoms with Crippen LogP contribution in [0.25, 0.3) is 0 Å². The van der Waals surface area contributed by atoms with Crippen molar-refractivity contribution in [3.63, 3.8) is 0 Å². The van der Waals surface area contributed by atoms with Crippen molar-refractivity contribution in [3.05, 3.63) is 59.2 Å². The minimum Gasteiger partial charge on any atom is -0.493 e. The lowest BCUT2D eigenvalue weighted by Crippen LogP contribution is -2.48. The van der Waals surface area contributed by atoms with Crippen LogP contribution in [0.4, 0.5) is 0 Å². The molecular weight excluding hydrogens is 434 g/mol. The second kappa shape index (κ2) is 12.1. The van der Waals surface area contributed by atoms with E-state index < -0.39 is 5.91 Å². The molecule has 1 fully saturated rings. The van der Waals surface area contributed by atoms with Crippen LogP contribution in [-0.2, 0) is 4.79 Å². The number of aryl methyl sites for hydroxylation is 1. The van der Waals surface area contributed by atoms with Crippen LogP contribution in [0, 0.1) is 12.8 Å². The van der Waals surface area contributed by atoms with Crippen molar-refractivity contribution in [3.8, 4) is 11.5 Å². The predicted molar refractivity (Wildman–Crippen MR) is 129 cm³/mol. The number of likely N-dealkylation sites (tertiary alicyclic amines) is 1. The lowest BCUT2D eigenvalue weighted by Gasteiger charge is -2.31. The topological polar surface area (TPSA) is 97.0 Å². The fraction of sp³-hybridized carbons (Fsp3) is 0.423. The fourth-order valence-electron chi connectivity index (χ4n) is 3.88. The highest BCUT2D eigenvalue weighted by molar-refractivity contribution is 5.97. The highest BCUT2D eigenvalue weighted by Gasteiger charge is 2.28. The van der Waals surface area contributed by atoms with E-state index in [0.29, 0.717) is 55.2 Å². The van der Waals surface area contributed by atoms with Crippen molar-refractivity contribution in [1.29, 1.82) is 0 Å². The average molecular weight is 468 g/mol. The molecule has 0 spiro atoms. The summed E-state index contributed by atoms with van der Waals surface area (Å²) in [5, 5.41) is 0. The molecule has 34 heavy (non-hydrogen) atoms. The van der Waals surface area contributed by atoms with Crippen LogP contribution in [0.1, 0.15) is 58.9 Å². The van der Waals surface area contributed by atoms with E-state index >= 15 is 0 Å². The number of carbonyl (C=O) groups is 3. The largest absolute Gasteiger partial charge is 0.493 e. The van der Waals surface area contributed by atoms with Gasteiger partial charge in [-0.2, -0.15) is 0 Å². The van der Waals surface area contributed by atoms with Crippen LogP contribution in [0.3, 0.4) is 0 Å². The van der Waals surface area contributed by atoms with Gasteiger partial charge in [0.1, 0.15) is 0 Å². The van der Waals surface area contributed by atoms with Crippen LogP contribution < -0.4 is 20.3 Å². The van der Waals surface area contributed by atoms with Gasteiger partial charge in [0, 0.05) is 30.1 Å². The lowest BCUT2D eigenvalue weighted by molar-refractivity contribution is -0.127. The van der Waals surface area contributed by atoms with Crippen molar-refractivity contribution < 1.29 is 23.9 Å². The molecule has 3 rings (SSSR count). The molecule has 0 atom stereocenters. The van der Waals surface area contributed by atoms with Crippen LogP contribution in [0.5, 0.6) is 11.5 Å². The van der Waals surface area contributed by atoms with Gasteiger partial charge in [-0.25, -0.2) is 0 Å². The molecular formula is C26H33N3O5. The van der Waals surface area contributed by atoms with E-state index in [1.54, 1.807) is 23.1 Å². The first kappa shape index (κ1) is 25.1. The Hall–Kier alpha value is -3.55. The van der Waals surface area contributed by atoms with Crippen molar-refractivity contribution in [2.75, 3.05) is 26.8 Å². The minimum atomic E-state index is -0.445. The SMILES string of the molecule is CCCCOc1ccc(C(=O)NNC(=O)C2CCN(C(=O)c3ccccc3C)CC2)cc1OC. The normalized spacial score (nSPS) is 13.8. The number of piperidine rings is 1. The quantitative estimate of drug-likeness (QED) is 0.458. The van der Waals surface area contributed by atoms with Gasteiger partial charge in [0.05, 0.1) is 13.7 Å². The molecule has 0 bridgehead atoms. The Morgan fingerprint density at radius 3 is 2.44 bits per heavy atom. The molecule has 1 saturated heterocycles. The molecule has 0 unspecified atom stereocenters. The molecule has 2 N–H and O–H groups in total. The van der Waals surface area contributed by atoms with Gasteiger partial charge in [0.15, 0.2) is 11.5 Å². The number of ether oxygens (including phenoxy) is 2. The molecule has 1 aliphatic rings. The second-order valence-corrected chi connectivity index (χ2v) is 8.39. The molecule has 0 aliphatic carbocycles. The highest BCUT2D eigenvalue weighted by Crippen LogP contribution is 2.28. The van der Waals surface area contributed by atoms with Gasteiger partial charge < -0.3 is 14.4 Å². The molecule has 1 aliphatic heterocycles. The zero-order valence-electron chi connectivity index (χ0n) is 20.1. The van der Waals surface area contributed by atoms with Crippen LogP contribution in [-0.4, -0.2) is 49.4 Å². The molecule has 3 amide bonds. The molecule has 182 valence electrons. The maximum absolute atomic E-state index is 12.8. The number of nitrogens with zero attached hydrogens (tertiary/aromatic N) is 1. The Morgan fingerprint density at radius 2 is 1.76 bits per heavy atom. The molecule has 0 saturated carbocycles. The zero-order valence-corrected chi connectivity index (χ0v) is 20.1. The van der Waals surface area contributed by atoms with E-state index in [2.05, 4.69) is 17.8 Å². The first-order valence-corrected chi connectivity index (χ1v) is 11.7. The number of hydrogen-bond acceptors (Lipinski definition) is 5.